The van der Waals surface area contributed by atoms with Crippen molar-refractivity contribution in [1.29, 1.82) is 0 Å². The van der Waals surface area contributed by atoms with Crippen molar-refractivity contribution in [3.8, 4) is 0 Å². The molecule has 0 aromatic carbocycles. The van der Waals surface area contributed by atoms with Gasteiger partial charge in [-0.3, -0.25) is 0 Å². The van der Waals surface area contributed by atoms with E-state index in [-0.39, 0.29) is 0 Å². The van der Waals surface area contributed by atoms with E-state index in [1.165, 1.54) is 24.2 Å². The molecule has 0 radical (unpaired) electrons. The van der Waals surface area contributed by atoms with Crippen molar-refractivity contribution >= 4 is 17.3 Å². The molecule has 1 aliphatic rings. The van der Waals surface area contributed by atoms with Gasteiger partial charge in [0, 0.05) is 11.8 Å². The summed E-state index contributed by atoms with van der Waals surface area (Å²) in [4.78, 5) is 16.2. The van der Waals surface area contributed by atoms with Crippen molar-refractivity contribution in [3.05, 3.63) is 15.6 Å². The lowest BCUT2D eigenvalue weighted by Crippen LogP contribution is -2.02. The summed E-state index contributed by atoms with van der Waals surface area (Å²) in [5.74, 6) is -0.112. The van der Waals surface area contributed by atoms with Crippen LogP contribution in [0, 0.1) is 0 Å². The Morgan fingerprint density at radius 1 is 1.44 bits per heavy atom. The molecule has 1 aromatic heterocycles. The van der Waals surface area contributed by atoms with Crippen LogP contribution in [0.1, 0.15) is 71.7 Å². The molecule has 0 unspecified atom stereocenters. The van der Waals surface area contributed by atoms with Gasteiger partial charge < -0.3 is 5.11 Å². The predicted molar refractivity (Wildman–Crippen MR) is 64.4 cm³/mol. The van der Waals surface area contributed by atoms with Gasteiger partial charge in [-0.15, -0.1) is 11.3 Å². The second kappa shape index (κ2) is 4.53. The molecular formula is C12H17NO2S. The molecule has 1 fully saturated rings. The highest BCUT2D eigenvalue weighted by molar-refractivity contribution is 7.13. The first-order valence-electron chi connectivity index (χ1n) is 5.83. The number of aromatic nitrogens is 1. The zero-order chi connectivity index (χ0) is 11.7. The molecule has 0 aliphatic heterocycles. The molecule has 1 aromatic rings. The molecule has 4 heteroatoms. The maximum Gasteiger partial charge on any atom is 0.347 e. The molecule has 0 amide bonds. The molecule has 1 heterocycles. The van der Waals surface area contributed by atoms with Gasteiger partial charge in [-0.1, -0.05) is 26.7 Å². The summed E-state index contributed by atoms with van der Waals surface area (Å²) in [6.07, 6.45) is 4.61. The highest BCUT2D eigenvalue weighted by atomic mass is 32.1. The summed E-state index contributed by atoms with van der Waals surface area (Å²) in [6.45, 7) is 4.12. The highest BCUT2D eigenvalue weighted by Gasteiger charge is 2.27. The lowest BCUT2D eigenvalue weighted by atomic mass is 10.0. The third-order valence-electron chi connectivity index (χ3n) is 3.10. The molecule has 1 N–H and O–H groups in total. The Balaban J connectivity index is 2.37. The zero-order valence-corrected chi connectivity index (χ0v) is 10.5. The Bertz CT molecular complexity index is 392. The largest absolute Gasteiger partial charge is 0.477 e. The monoisotopic (exact) mass is 239 g/mol. The molecule has 1 aliphatic carbocycles. The first-order chi connectivity index (χ1) is 7.59. The second-order valence-electron chi connectivity index (χ2n) is 4.71. The SMILES string of the molecule is CC(C)c1nc(C2CCCC2)c(C(=O)O)s1. The molecule has 0 saturated heterocycles. The van der Waals surface area contributed by atoms with Crippen molar-refractivity contribution in [3.63, 3.8) is 0 Å². The van der Waals surface area contributed by atoms with Crippen LogP contribution in [0.3, 0.4) is 0 Å². The summed E-state index contributed by atoms with van der Waals surface area (Å²) in [7, 11) is 0. The number of thiazole rings is 1. The van der Waals surface area contributed by atoms with E-state index >= 15 is 0 Å². The number of carboxylic acids is 1. The number of carboxylic acid groups (broad SMARTS) is 1. The van der Waals surface area contributed by atoms with Crippen LogP contribution >= 0.6 is 11.3 Å². The summed E-state index contributed by atoms with van der Waals surface area (Å²) in [6, 6.07) is 0. The van der Waals surface area contributed by atoms with Crippen LogP contribution in [-0.2, 0) is 0 Å². The fourth-order valence-electron chi connectivity index (χ4n) is 2.23. The summed E-state index contributed by atoms with van der Waals surface area (Å²) in [5.41, 5.74) is 0.846. The minimum atomic E-state index is -0.814. The van der Waals surface area contributed by atoms with E-state index < -0.39 is 5.97 Å². The number of carbonyl (C=O) groups is 1. The standard InChI is InChI=1S/C12H17NO2S/c1-7(2)11-13-9(8-5-3-4-6-8)10(16-11)12(14)15/h7-8H,3-6H2,1-2H3,(H,14,15). The van der Waals surface area contributed by atoms with E-state index in [9.17, 15) is 9.90 Å². The van der Waals surface area contributed by atoms with Gasteiger partial charge in [0.25, 0.3) is 0 Å². The average Bonchev–Trinajstić information content (AvgIpc) is 2.86. The van der Waals surface area contributed by atoms with Gasteiger partial charge in [0.05, 0.1) is 10.7 Å². The van der Waals surface area contributed by atoms with Gasteiger partial charge in [0.1, 0.15) is 4.88 Å². The quantitative estimate of drug-likeness (QED) is 0.876. The molecule has 1 saturated carbocycles. The third-order valence-corrected chi connectivity index (χ3v) is 4.46. The Labute approximate surface area is 99.5 Å². The number of rotatable bonds is 3. The molecule has 88 valence electrons. The van der Waals surface area contributed by atoms with Crippen LogP contribution in [-0.4, -0.2) is 16.1 Å². The third kappa shape index (κ3) is 2.12. The van der Waals surface area contributed by atoms with Gasteiger partial charge in [-0.05, 0) is 12.8 Å². The maximum absolute atomic E-state index is 11.2. The Hall–Kier alpha value is -0.900. The molecule has 0 atom stereocenters. The number of hydrogen-bond acceptors (Lipinski definition) is 3. The van der Waals surface area contributed by atoms with Gasteiger partial charge >= 0.3 is 5.97 Å². The summed E-state index contributed by atoms with van der Waals surface area (Å²) >= 11 is 1.35. The first kappa shape index (κ1) is 11.6. The van der Waals surface area contributed by atoms with E-state index in [0.717, 1.165) is 23.5 Å². The van der Waals surface area contributed by atoms with Crippen LogP contribution < -0.4 is 0 Å². The summed E-state index contributed by atoms with van der Waals surface area (Å²) < 4.78 is 0. The highest BCUT2D eigenvalue weighted by Crippen LogP contribution is 2.38. The van der Waals surface area contributed by atoms with Crippen molar-refractivity contribution in [2.24, 2.45) is 0 Å². The van der Waals surface area contributed by atoms with Crippen LogP contribution in [0.2, 0.25) is 0 Å². The molecule has 16 heavy (non-hydrogen) atoms. The molecule has 0 bridgehead atoms. The molecule has 3 nitrogen and oxygen atoms in total. The lowest BCUT2D eigenvalue weighted by Gasteiger charge is -2.06. The number of aromatic carboxylic acids is 1. The minimum absolute atomic E-state index is 0.318. The maximum atomic E-state index is 11.2. The van der Waals surface area contributed by atoms with Crippen molar-refractivity contribution < 1.29 is 9.90 Å². The number of nitrogens with zero attached hydrogens (tertiary/aromatic N) is 1. The van der Waals surface area contributed by atoms with Gasteiger partial charge in [-0.25, -0.2) is 9.78 Å². The Morgan fingerprint density at radius 2 is 2.06 bits per heavy atom. The molecule has 0 spiro atoms. The van der Waals surface area contributed by atoms with Crippen molar-refractivity contribution in [1.82, 2.24) is 4.98 Å². The van der Waals surface area contributed by atoms with Crippen molar-refractivity contribution in [2.75, 3.05) is 0 Å². The molecule has 2 rings (SSSR count). The van der Waals surface area contributed by atoms with E-state index in [2.05, 4.69) is 18.8 Å². The first-order valence-corrected chi connectivity index (χ1v) is 6.65. The predicted octanol–water partition coefficient (Wildman–Crippen LogP) is 3.62. The fourth-order valence-corrected chi connectivity index (χ4v) is 3.22. The smallest absolute Gasteiger partial charge is 0.347 e. The normalized spacial score (nSPS) is 17.2. The topological polar surface area (TPSA) is 50.2 Å². The second-order valence-corrected chi connectivity index (χ2v) is 5.74. The van der Waals surface area contributed by atoms with E-state index in [4.69, 9.17) is 0 Å². The average molecular weight is 239 g/mol. The van der Waals surface area contributed by atoms with E-state index in [1.54, 1.807) is 0 Å². The van der Waals surface area contributed by atoms with Gasteiger partial charge in [-0.2, -0.15) is 0 Å². The zero-order valence-electron chi connectivity index (χ0n) is 9.69. The fraction of sp³-hybridized carbons (Fsp3) is 0.667. The Morgan fingerprint density at radius 3 is 2.56 bits per heavy atom. The van der Waals surface area contributed by atoms with Gasteiger partial charge in [0.15, 0.2) is 0 Å². The minimum Gasteiger partial charge on any atom is -0.477 e. The van der Waals surface area contributed by atoms with Crippen LogP contribution in [0.15, 0.2) is 0 Å². The summed E-state index contributed by atoms with van der Waals surface area (Å²) in [5, 5.41) is 10.1. The van der Waals surface area contributed by atoms with E-state index in [0.29, 0.717) is 16.7 Å². The number of hydrogen-bond donors (Lipinski definition) is 1. The lowest BCUT2D eigenvalue weighted by molar-refractivity contribution is 0.0700. The van der Waals surface area contributed by atoms with Gasteiger partial charge in [0.2, 0.25) is 0 Å². The van der Waals surface area contributed by atoms with Crippen LogP contribution in [0.5, 0.6) is 0 Å². The van der Waals surface area contributed by atoms with Crippen LogP contribution in [0.4, 0.5) is 0 Å². The van der Waals surface area contributed by atoms with E-state index in [1.807, 2.05) is 0 Å². The molecular weight excluding hydrogens is 222 g/mol. The van der Waals surface area contributed by atoms with Crippen molar-refractivity contribution in [2.45, 2.75) is 51.4 Å². The Kier molecular flexibility index (Phi) is 3.28. The van der Waals surface area contributed by atoms with Crippen LogP contribution in [0.25, 0.3) is 0 Å².